The fourth-order valence-corrected chi connectivity index (χ4v) is 1.90. The lowest BCUT2D eigenvalue weighted by Crippen LogP contribution is -2.02. The summed E-state index contributed by atoms with van der Waals surface area (Å²) in [5.41, 5.74) is 7.31. The zero-order valence-electron chi connectivity index (χ0n) is 7.86. The number of aryl methyl sites for hydroxylation is 1. The highest BCUT2D eigenvalue weighted by atomic mass is 32.1. The number of rotatable bonds is 3. The minimum Gasteiger partial charge on any atom is -0.442 e. The SMILES string of the molecule is Cc1coc(-c2nc(CCN)cs2)n1. The fraction of sp³-hybridized carbons (Fsp3) is 0.333. The first-order valence-electron chi connectivity index (χ1n) is 4.36. The van der Waals surface area contributed by atoms with E-state index in [9.17, 15) is 0 Å². The van der Waals surface area contributed by atoms with Crippen LogP contribution in [0.2, 0.25) is 0 Å². The summed E-state index contributed by atoms with van der Waals surface area (Å²) in [6.45, 7) is 2.51. The minimum atomic E-state index is 0.593. The Morgan fingerprint density at radius 2 is 2.36 bits per heavy atom. The van der Waals surface area contributed by atoms with Crippen molar-refractivity contribution in [3.63, 3.8) is 0 Å². The molecule has 0 aliphatic carbocycles. The number of hydrogen-bond donors (Lipinski definition) is 1. The van der Waals surface area contributed by atoms with Crippen LogP contribution in [0, 0.1) is 6.92 Å². The highest BCUT2D eigenvalue weighted by Crippen LogP contribution is 2.22. The third kappa shape index (κ3) is 1.83. The minimum absolute atomic E-state index is 0.593. The molecule has 0 saturated heterocycles. The lowest BCUT2D eigenvalue weighted by molar-refractivity contribution is 0.572. The highest BCUT2D eigenvalue weighted by molar-refractivity contribution is 7.13. The summed E-state index contributed by atoms with van der Waals surface area (Å²) in [5, 5.41) is 2.81. The molecule has 5 heteroatoms. The second kappa shape index (κ2) is 3.89. The molecule has 2 N–H and O–H groups in total. The molecule has 0 amide bonds. The number of thiazole rings is 1. The average Bonchev–Trinajstić information content (AvgIpc) is 2.74. The predicted octanol–water partition coefficient (Wildman–Crippen LogP) is 1.61. The molecule has 0 aliphatic heterocycles. The van der Waals surface area contributed by atoms with Crippen molar-refractivity contribution in [2.24, 2.45) is 5.73 Å². The van der Waals surface area contributed by atoms with Gasteiger partial charge < -0.3 is 10.2 Å². The first-order valence-corrected chi connectivity index (χ1v) is 5.24. The van der Waals surface area contributed by atoms with Crippen molar-refractivity contribution in [2.75, 3.05) is 6.54 Å². The molecule has 14 heavy (non-hydrogen) atoms. The second-order valence-corrected chi connectivity index (χ2v) is 3.83. The Labute approximate surface area is 85.8 Å². The van der Waals surface area contributed by atoms with E-state index in [4.69, 9.17) is 10.2 Å². The zero-order valence-corrected chi connectivity index (χ0v) is 8.67. The van der Waals surface area contributed by atoms with Gasteiger partial charge in [0.1, 0.15) is 6.26 Å². The first-order chi connectivity index (χ1) is 6.79. The Morgan fingerprint density at radius 1 is 1.50 bits per heavy atom. The monoisotopic (exact) mass is 209 g/mol. The first kappa shape index (κ1) is 9.36. The van der Waals surface area contributed by atoms with Crippen LogP contribution < -0.4 is 5.73 Å². The van der Waals surface area contributed by atoms with E-state index < -0.39 is 0 Å². The summed E-state index contributed by atoms with van der Waals surface area (Å²) in [4.78, 5) is 8.57. The van der Waals surface area contributed by atoms with Gasteiger partial charge in [-0.05, 0) is 13.5 Å². The van der Waals surface area contributed by atoms with Gasteiger partial charge in [-0.25, -0.2) is 9.97 Å². The van der Waals surface area contributed by atoms with Gasteiger partial charge in [0.05, 0.1) is 11.4 Å². The van der Waals surface area contributed by atoms with Crippen molar-refractivity contribution in [1.82, 2.24) is 9.97 Å². The van der Waals surface area contributed by atoms with E-state index in [-0.39, 0.29) is 0 Å². The molecule has 0 spiro atoms. The van der Waals surface area contributed by atoms with E-state index in [0.29, 0.717) is 12.4 Å². The van der Waals surface area contributed by atoms with E-state index in [2.05, 4.69) is 9.97 Å². The van der Waals surface area contributed by atoms with E-state index >= 15 is 0 Å². The van der Waals surface area contributed by atoms with Gasteiger partial charge >= 0.3 is 0 Å². The molecule has 2 heterocycles. The molecule has 2 rings (SSSR count). The van der Waals surface area contributed by atoms with Crippen molar-refractivity contribution in [3.8, 4) is 10.9 Å². The summed E-state index contributed by atoms with van der Waals surface area (Å²) < 4.78 is 5.25. The Hall–Kier alpha value is -1.20. The molecular weight excluding hydrogens is 198 g/mol. The summed E-state index contributed by atoms with van der Waals surface area (Å²) in [5.74, 6) is 0.593. The van der Waals surface area contributed by atoms with E-state index in [0.717, 1.165) is 22.8 Å². The maximum atomic E-state index is 5.44. The average molecular weight is 209 g/mol. The quantitative estimate of drug-likeness (QED) is 0.834. The van der Waals surface area contributed by atoms with Crippen LogP contribution in [0.1, 0.15) is 11.4 Å². The van der Waals surface area contributed by atoms with Gasteiger partial charge in [0.25, 0.3) is 5.89 Å². The van der Waals surface area contributed by atoms with Crippen molar-refractivity contribution in [1.29, 1.82) is 0 Å². The maximum Gasteiger partial charge on any atom is 0.255 e. The third-order valence-electron chi connectivity index (χ3n) is 1.75. The van der Waals surface area contributed by atoms with Crippen LogP contribution in [-0.4, -0.2) is 16.5 Å². The summed E-state index contributed by atoms with van der Waals surface area (Å²) in [6.07, 6.45) is 2.43. The standard InChI is InChI=1S/C9H11N3OS/c1-6-4-13-8(11-6)9-12-7(2-3-10)5-14-9/h4-5H,2-3,10H2,1H3. The largest absolute Gasteiger partial charge is 0.442 e. The lowest BCUT2D eigenvalue weighted by Gasteiger charge is -1.88. The normalized spacial score (nSPS) is 10.7. The Bertz CT molecular complexity index is 421. The van der Waals surface area contributed by atoms with Crippen LogP contribution in [-0.2, 0) is 6.42 Å². The molecule has 4 nitrogen and oxygen atoms in total. The van der Waals surface area contributed by atoms with Gasteiger partial charge in [0.2, 0.25) is 0 Å². The molecule has 0 fully saturated rings. The summed E-state index contributed by atoms with van der Waals surface area (Å²) >= 11 is 1.53. The molecule has 74 valence electrons. The highest BCUT2D eigenvalue weighted by Gasteiger charge is 2.09. The Kier molecular flexibility index (Phi) is 2.60. The van der Waals surface area contributed by atoms with Crippen LogP contribution in [0.15, 0.2) is 16.1 Å². The fourth-order valence-electron chi connectivity index (χ4n) is 1.12. The molecule has 2 aromatic rings. The lowest BCUT2D eigenvalue weighted by atomic mass is 10.3. The number of hydrogen-bond acceptors (Lipinski definition) is 5. The molecule has 0 bridgehead atoms. The van der Waals surface area contributed by atoms with Crippen LogP contribution >= 0.6 is 11.3 Å². The molecule has 0 saturated carbocycles. The summed E-state index contributed by atoms with van der Waals surface area (Å²) in [6, 6.07) is 0. The second-order valence-electron chi connectivity index (χ2n) is 2.98. The smallest absolute Gasteiger partial charge is 0.255 e. The van der Waals surface area contributed by atoms with Gasteiger partial charge in [-0.15, -0.1) is 11.3 Å². The number of nitrogens with two attached hydrogens (primary N) is 1. The zero-order chi connectivity index (χ0) is 9.97. The number of nitrogens with zero attached hydrogens (tertiary/aromatic N) is 2. The van der Waals surface area contributed by atoms with Gasteiger partial charge in [0, 0.05) is 11.8 Å². The maximum absolute atomic E-state index is 5.44. The van der Waals surface area contributed by atoms with Gasteiger partial charge in [-0.3, -0.25) is 0 Å². The van der Waals surface area contributed by atoms with Crippen molar-refractivity contribution < 1.29 is 4.42 Å². The molecule has 0 radical (unpaired) electrons. The third-order valence-corrected chi connectivity index (χ3v) is 2.63. The molecule has 0 aromatic carbocycles. The van der Waals surface area contributed by atoms with Crippen LogP contribution in [0.3, 0.4) is 0 Å². The number of aromatic nitrogens is 2. The van der Waals surface area contributed by atoms with Crippen LogP contribution in [0.5, 0.6) is 0 Å². The Morgan fingerprint density at radius 3 is 3.00 bits per heavy atom. The molecule has 0 aliphatic rings. The van der Waals surface area contributed by atoms with Gasteiger partial charge in [-0.2, -0.15) is 0 Å². The predicted molar refractivity (Wildman–Crippen MR) is 55.1 cm³/mol. The Balaban J connectivity index is 2.24. The molecule has 2 aromatic heterocycles. The van der Waals surface area contributed by atoms with Crippen molar-refractivity contribution in [2.45, 2.75) is 13.3 Å². The van der Waals surface area contributed by atoms with Crippen LogP contribution in [0.25, 0.3) is 10.9 Å². The number of oxazole rings is 1. The van der Waals surface area contributed by atoms with Crippen molar-refractivity contribution >= 4 is 11.3 Å². The van der Waals surface area contributed by atoms with Gasteiger partial charge in [0.15, 0.2) is 5.01 Å². The molecular formula is C9H11N3OS. The van der Waals surface area contributed by atoms with E-state index in [1.807, 2.05) is 12.3 Å². The van der Waals surface area contributed by atoms with Crippen LogP contribution in [0.4, 0.5) is 0 Å². The summed E-state index contributed by atoms with van der Waals surface area (Å²) in [7, 11) is 0. The molecule has 0 atom stereocenters. The van der Waals surface area contributed by atoms with Gasteiger partial charge in [-0.1, -0.05) is 0 Å². The van der Waals surface area contributed by atoms with Crippen molar-refractivity contribution in [3.05, 3.63) is 23.0 Å². The topological polar surface area (TPSA) is 64.9 Å². The van der Waals surface area contributed by atoms with E-state index in [1.165, 1.54) is 11.3 Å². The molecule has 0 unspecified atom stereocenters. The van der Waals surface area contributed by atoms with E-state index in [1.54, 1.807) is 6.26 Å².